The zero-order valence-corrected chi connectivity index (χ0v) is 32.8. The van der Waals surface area contributed by atoms with E-state index in [9.17, 15) is 19.2 Å². The summed E-state index contributed by atoms with van der Waals surface area (Å²) in [6, 6.07) is 0. The summed E-state index contributed by atoms with van der Waals surface area (Å²) in [7, 11) is 0. The van der Waals surface area contributed by atoms with Gasteiger partial charge in [0.25, 0.3) is 0 Å². The minimum Gasteiger partial charge on any atom is -0.466 e. The highest BCUT2D eigenvalue weighted by Gasteiger charge is 2.67. The number of unbranched alkanes of at least 4 members (excludes halogenated alkanes) is 5. The molecule has 4 saturated carbocycles. The van der Waals surface area contributed by atoms with Crippen LogP contribution in [0.15, 0.2) is 0 Å². The standard InChI is InChI=1S/C41H71N3O8/c1-5-6-7-8-9-10-23-49-35(45)14-11-27(2)30-12-13-31-39-32(26-34(41(30,31)4)52-38(48)18-22-44)40(3)19-15-29(50-36(46)16-20-42)24-28(40)25-33(39)51-37(47)17-21-43/h27-34,39H,5-26,42-44H2,1-4H3/t27-,28?,29-,30-,31+,32+,33-,34+,39?,40?,41?/m1/s1. The zero-order valence-electron chi connectivity index (χ0n) is 32.8. The van der Waals surface area contributed by atoms with E-state index >= 15 is 0 Å². The molecule has 0 amide bonds. The third-order valence-corrected chi connectivity index (χ3v) is 13.9. The van der Waals surface area contributed by atoms with Crippen molar-refractivity contribution in [3.63, 3.8) is 0 Å². The maximum Gasteiger partial charge on any atom is 0.307 e. The molecule has 0 bridgehead atoms. The van der Waals surface area contributed by atoms with Crippen LogP contribution in [0.1, 0.15) is 143 Å². The minimum atomic E-state index is -0.371. The second-order valence-corrected chi connectivity index (χ2v) is 17.0. The van der Waals surface area contributed by atoms with Gasteiger partial charge in [-0.15, -0.1) is 0 Å². The molecule has 4 unspecified atom stereocenters. The van der Waals surface area contributed by atoms with Gasteiger partial charge in [0, 0.05) is 37.4 Å². The fourth-order valence-corrected chi connectivity index (χ4v) is 11.2. The first-order valence-electron chi connectivity index (χ1n) is 20.8. The second kappa shape index (κ2) is 19.9. The van der Waals surface area contributed by atoms with Crippen molar-refractivity contribution in [3.8, 4) is 0 Å². The van der Waals surface area contributed by atoms with Crippen molar-refractivity contribution in [2.45, 2.75) is 162 Å². The zero-order chi connectivity index (χ0) is 37.9. The van der Waals surface area contributed by atoms with Gasteiger partial charge in [-0.2, -0.15) is 0 Å². The van der Waals surface area contributed by atoms with E-state index in [0.29, 0.717) is 38.7 Å². The Morgan fingerprint density at radius 3 is 2.02 bits per heavy atom. The Morgan fingerprint density at radius 1 is 0.712 bits per heavy atom. The maximum atomic E-state index is 13.2. The third kappa shape index (κ3) is 10.1. The smallest absolute Gasteiger partial charge is 0.307 e. The summed E-state index contributed by atoms with van der Waals surface area (Å²) >= 11 is 0. The molecule has 11 atom stereocenters. The molecule has 4 aliphatic carbocycles. The molecule has 298 valence electrons. The van der Waals surface area contributed by atoms with E-state index in [1.807, 2.05) is 0 Å². The molecule has 0 radical (unpaired) electrons. The highest BCUT2D eigenvalue weighted by atomic mass is 16.6. The first-order chi connectivity index (χ1) is 24.9. The number of carbonyl (C=O) groups excluding carboxylic acids is 4. The van der Waals surface area contributed by atoms with Gasteiger partial charge >= 0.3 is 23.9 Å². The van der Waals surface area contributed by atoms with Crippen molar-refractivity contribution < 1.29 is 38.1 Å². The van der Waals surface area contributed by atoms with Gasteiger partial charge in [-0.1, -0.05) is 59.8 Å². The normalized spacial score (nSPS) is 34.3. The van der Waals surface area contributed by atoms with Crippen molar-refractivity contribution in [1.82, 2.24) is 0 Å². The molecule has 11 heteroatoms. The van der Waals surface area contributed by atoms with E-state index in [1.54, 1.807) is 0 Å². The fourth-order valence-electron chi connectivity index (χ4n) is 11.2. The number of nitrogens with two attached hydrogens (primary N) is 3. The van der Waals surface area contributed by atoms with Crippen LogP contribution in [0.25, 0.3) is 0 Å². The lowest BCUT2D eigenvalue weighted by Gasteiger charge is -2.64. The van der Waals surface area contributed by atoms with E-state index in [-0.39, 0.29) is 127 Å². The van der Waals surface area contributed by atoms with Crippen LogP contribution < -0.4 is 17.2 Å². The average Bonchev–Trinajstić information content (AvgIpc) is 3.46. The monoisotopic (exact) mass is 734 g/mol. The quantitative estimate of drug-likeness (QED) is 0.0762. The van der Waals surface area contributed by atoms with Gasteiger partial charge in [-0.25, -0.2) is 0 Å². The second-order valence-electron chi connectivity index (χ2n) is 17.0. The van der Waals surface area contributed by atoms with Gasteiger partial charge in [-0.05, 0) is 92.8 Å². The Bertz CT molecular complexity index is 1180. The molecule has 4 fully saturated rings. The summed E-state index contributed by atoms with van der Waals surface area (Å²) in [6.07, 6.45) is 13.2. The summed E-state index contributed by atoms with van der Waals surface area (Å²) in [5.74, 6) is -0.00360. The number of esters is 4. The molecule has 0 aliphatic heterocycles. The van der Waals surface area contributed by atoms with Crippen LogP contribution in [-0.4, -0.2) is 68.4 Å². The summed E-state index contributed by atoms with van der Waals surface area (Å²) in [6.45, 7) is 10.3. The summed E-state index contributed by atoms with van der Waals surface area (Å²) < 4.78 is 24.3. The predicted molar refractivity (Wildman–Crippen MR) is 199 cm³/mol. The van der Waals surface area contributed by atoms with Crippen LogP contribution in [0, 0.1) is 46.3 Å². The van der Waals surface area contributed by atoms with Crippen molar-refractivity contribution in [2.75, 3.05) is 26.2 Å². The third-order valence-electron chi connectivity index (χ3n) is 13.9. The van der Waals surface area contributed by atoms with Gasteiger partial charge in [-0.3, -0.25) is 19.2 Å². The lowest BCUT2D eigenvalue weighted by molar-refractivity contribution is -0.225. The molecule has 52 heavy (non-hydrogen) atoms. The summed E-state index contributed by atoms with van der Waals surface area (Å²) in [4.78, 5) is 51.6. The van der Waals surface area contributed by atoms with Gasteiger partial charge in [0.1, 0.15) is 18.3 Å². The van der Waals surface area contributed by atoms with Gasteiger partial charge < -0.3 is 36.1 Å². The molecule has 0 aromatic rings. The Morgan fingerprint density at radius 2 is 1.35 bits per heavy atom. The van der Waals surface area contributed by atoms with Crippen molar-refractivity contribution >= 4 is 23.9 Å². The highest BCUT2D eigenvalue weighted by Crippen LogP contribution is 2.69. The van der Waals surface area contributed by atoms with Crippen molar-refractivity contribution in [3.05, 3.63) is 0 Å². The van der Waals surface area contributed by atoms with Crippen LogP contribution in [0.2, 0.25) is 0 Å². The molecule has 0 aromatic carbocycles. The van der Waals surface area contributed by atoms with E-state index in [0.717, 1.165) is 38.5 Å². The number of carbonyl (C=O) groups is 4. The number of ether oxygens (including phenoxy) is 4. The molecular weight excluding hydrogens is 662 g/mol. The number of fused-ring (bicyclic) bond motifs is 5. The van der Waals surface area contributed by atoms with Gasteiger partial charge in [0.15, 0.2) is 0 Å². The molecule has 4 aliphatic rings. The number of hydrogen-bond acceptors (Lipinski definition) is 11. The highest BCUT2D eigenvalue weighted by molar-refractivity contribution is 5.71. The maximum absolute atomic E-state index is 13.2. The lowest BCUT2D eigenvalue weighted by atomic mass is 9.43. The first kappa shape index (κ1) is 42.5. The van der Waals surface area contributed by atoms with Crippen molar-refractivity contribution in [2.24, 2.45) is 63.5 Å². The van der Waals surface area contributed by atoms with Crippen molar-refractivity contribution in [1.29, 1.82) is 0 Å². The van der Waals surface area contributed by atoms with Crippen LogP contribution >= 0.6 is 0 Å². The molecule has 0 aromatic heterocycles. The fraction of sp³-hybridized carbons (Fsp3) is 0.902. The Balaban J connectivity index is 1.56. The Kier molecular flexibility index (Phi) is 16.3. The van der Waals surface area contributed by atoms with Crippen LogP contribution in [0.3, 0.4) is 0 Å². The van der Waals surface area contributed by atoms with Crippen LogP contribution in [-0.2, 0) is 38.1 Å². The van der Waals surface area contributed by atoms with Gasteiger partial charge in [0.05, 0.1) is 25.9 Å². The molecule has 0 saturated heterocycles. The minimum absolute atomic E-state index is 0.0910. The van der Waals surface area contributed by atoms with Gasteiger partial charge in [0.2, 0.25) is 0 Å². The molecule has 4 rings (SSSR count). The molecular formula is C41H71N3O8. The topological polar surface area (TPSA) is 183 Å². The summed E-state index contributed by atoms with van der Waals surface area (Å²) in [5, 5.41) is 0. The predicted octanol–water partition coefficient (Wildman–Crippen LogP) is 5.97. The average molecular weight is 734 g/mol. The van der Waals surface area contributed by atoms with Crippen LogP contribution in [0.4, 0.5) is 0 Å². The largest absolute Gasteiger partial charge is 0.466 e. The van der Waals surface area contributed by atoms with Crippen LogP contribution in [0.5, 0.6) is 0 Å². The van der Waals surface area contributed by atoms with E-state index in [2.05, 4.69) is 27.7 Å². The van der Waals surface area contributed by atoms with E-state index < -0.39 is 0 Å². The molecule has 0 spiro atoms. The Labute approximate surface area is 312 Å². The lowest BCUT2D eigenvalue weighted by Crippen LogP contribution is -2.63. The number of hydrogen-bond donors (Lipinski definition) is 3. The molecule has 11 nitrogen and oxygen atoms in total. The van der Waals surface area contributed by atoms with E-state index in [4.69, 9.17) is 36.1 Å². The molecule has 0 heterocycles. The Hall–Kier alpha value is -2.24. The molecule has 6 N–H and O–H groups in total. The summed E-state index contributed by atoms with van der Waals surface area (Å²) in [5.41, 5.74) is 16.7. The van der Waals surface area contributed by atoms with E-state index in [1.165, 1.54) is 25.7 Å². The first-order valence-corrected chi connectivity index (χ1v) is 20.8. The SMILES string of the molecule is CCCCCCCCOC(=O)CC[C@@H](C)[C@H]1CC[C@H]2C3[C@H](OC(=O)CCN)CC4C[C@H](OC(=O)CCN)CCC4(C)[C@H]3C[C@H](OC(=O)CCN)C12C. The number of rotatable bonds is 20.